The zero-order valence-electron chi connectivity index (χ0n) is 17.0. The first-order valence-corrected chi connectivity index (χ1v) is 9.19. The Labute approximate surface area is 185 Å². The van der Waals surface area contributed by atoms with Gasteiger partial charge in [-0.1, -0.05) is 30.3 Å². The van der Waals surface area contributed by atoms with Gasteiger partial charge in [0.15, 0.2) is 5.96 Å². The summed E-state index contributed by atoms with van der Waals surface area (Å²) < 4.78 is 6.05. The number of hydrogen-bond acceptors (Lipinski definition) is 3. The third-order valence-corrected chi connectivity index (χ3v) is 3.68. The van der Waals surface area contributed by atoms with E-state index in [1.807, 2.05) is 70.2 Å². The van der Waals surface area contributed by atoms with Crippen LogP contribution in [0.5, 0.6) is 5.75 Å². The summed E-state index contributed by atoms with van der Waals surface area (Å²) in [4.78, 5) is 4.63. The summed E-state index contributed by atoms with van der Waals surface area (Å²) in [5.41, 5.74) is 2.55. The number of nitriles is 1. The second-order valence-corrected chi connectivity index (χ2v) is 7.18. The molecule has 28 heavy (non-hydrogen) atoms. The predicted octanol–water partition coefficient (Wildman–Crippen LogP) is 4.61. The fraction of sp³-hybridized carbons (Fsp3) is 0.364. The van der Waals surface area contributed by atoms with Crippen LogP contribution < -0.4 is 15.4 Å². The fourth-order valence-electron chi connectivity index (χ4n) is 2.46. The van der Waals surface area contributed by atoms with Gasteiger partial charge < -0.3 is 15.4 Å². The molecule has 6 heteroatoms. The summed E-state index contributed by atoms with van der Waals surface area (Å²) >= 11 is 0. The van der Waals surface area contributed by atoms with E-state index in [0.717, 1.165) is 29.4 Å². The maximum absolute atomic E-state index is 8.88. The van der Waals surface area contributed by atoms with Crippen LogP contribution in [0.2, 0.25) is 0 Å². The molecular weight excluding hydrogens is 463 g/mol. The molecule has 0 spiro atoms. The highest BCUT2D eigenvalue weighted by atomic mass is 127. The molecule has 0 aromatic heterocycles. The van der Waals surface area contributed by atoms with Gasteiger partial charge in [-0.2, -0.15) is 5.26 Å². The quantitative estimate of drug-likeness (QED) is 0.351. The third kappa shape index (κ3) is 8.17. The lowest BCUT2D eigenvalue weighted by Crippen LogP contribution is -2.37. The van der Waals surface area contributed by atoms with Gasteiger partial charge in [0.05, 0.1) is 18.2 Å². The Hall–Kier alpha value is -2.27. The van der Waals surface area contributed by atoms with E-state index >= 15 is 0 Å². The molecule has 2 rings (SSSR count). The molecule has 0 atom stereocenters. The normalized spacial score (nSPS) is 11.2. The zero-order valence-corrected chi connectivity index (χ0v) is 19.3. The van der Waals surface area contributed by atoms with Gasteiger partial charge >= 0.3 is 0 Å². The summed E-state index contributed by atoms with van der Waals surface area (Å²) in [6, 6.07) is 17.6. The molecule has 0 aliphatic heterocycles. The first kappa shape index (κ1) is 23.8. The van der Waals surface area contributed by atoms with Gasteiger partial charge in [0.1, 0.15) is 11.4 Å². The number of hydrogen-bond donors (Lipinski definition) is 2. The minimum atomic E-state index is -0.246. The van der Waals surface area contributed by atoms with Gasteiger partial charge in [0.2, 0.25) is 0 Å². The highest BCUT2D eigenvalue weighted by Gasteiger charge is 2.14. The average molecular weight is 492 g/mol. The minimum Gasteiger partial charge on any atom is -0.488 e. The number of guanidine groups is 1. The average Bonchev–Trinajstić information content (AvgIpc) is 2.64. The summed E-state index contributed by atoms with van der Waals surface area (Å²) in [7, 11) is 0. The van der Waals surface area contributed by atoms with Crippen LogP contribution in [0.15, 0.2) is 53.5 Å². The number of ether oxygens (including phenoxy) is 1. The van der Waals surface area contributed by atoms with E-state index in [1.165, 1.54) is 0 Å². The summed E-state index contributed by atoms with van der Waals surface area (Å²) in [6.45, 7) is 10.1. The largest absolute Gasteiger partial charge is 0.488 e. The van der Waals surface area contributed by atoms with E-state index in [1.54, 1.807) is 0 Å². The first-order valence-electron chi connectivity index (χ1n) is 9.19. The molecule has 0 aliphatic carbocycles. The van der Waals surface area contributed by atoms with Gasteiger partial charge in [-0.05, 0) is 51.5 Å². The van der Waals surface area contributed by atoms with Crippen molar-refractivity contribution in [2.24, 2.45) is 4.99 Å². The van der Waals surface area contributed by atoms with Crippen molar-refractivity contribution in [1.29, 1.82) is 5.26 Å². The number of benzene rings is 2. The molecule has 0 fully saturated rings. The van der Waals surface area contributed by atoms with E-state index in [0.29, 0.717) is 18.7 Å². The molecular formula is C22H29IN4O. The number of nitrogens with one attached hydrogen (secondary N) is 2. The molecule has 2 N–H and O–H groups in total. The van der Waals surface area contributed by atoms with Crippen LogP contribution in [0.1, 0.15) is 44.4 Å². The van der Waals surface area contributed by atoms with Crippen LogP contribution in [-0.2, 0) is 13.1 Å². The summed E-state index contributed by atoms with van der Waals surface area (Å²) in [6.07, 6.45) is 0. The van der Waals surface area contributed by atoms with Crippen LogP contribution in [0.25, 0.3) is 0 Å². The van der Waals surface area contributed by atoms with Gasteiger partial charge in [0, 0.05) is 18.7 Å². The van der Waals surface area contributed by atoms with Crippen LogP contribution in [0.4, 0.5) is 0 Å². The molecule has 0 saturated carbocycles. The molecule has 0 bridgehead atoms. The lowest BCUT2D eigenvalue weighted by Gasteiger charge is -2.23. The molecule has 0 unspecified atom stereocenters. The van der Waals surface area contributed by atoms with Crippen molar-refractivity contribution in [3.63, 3.8) is 0 Å². The Bertz CT molecular complexity index is 805. The van der Waals surface area contributed by atoms with Gasteiger partial charge in [-0.3, -0.25) is 0 Å². The Kier molecular flexibility index (Phi) is 9.80. The van der Waals surface area contributed by atoms with Gasteiger partial charge in [-0.15, -0.1) is 24.0 Å². The summed E-state index contributed by atoms with van der Waals surface area (Å²) in [5.74, 6) is 1.62. The molecule has 0 amide bonds. The molecule has 0 radical (unpaired) electrons. The molecule has 0 aliphatic rings. The molecule has 0 heterocycles. The van der Waals surface area contributed by atoms with E-state index < -0.39 is 0 Å². The minimum absolute atomic E-state index is 0. The number of aliphatic imine (C=N–C) groups is 1. The van der Waals surface area contributed by atoms with Crippen LogP contribution in [-0.4, -0.2) is 18.1 Å². The predicted molar refractivity (Wildman–Crippen MR) is 125 cm³/mol. The third-order valence-electron chi connectivity index (χ3n) is 3.68. The number of nitrogens with zero attached hydrogens (tertiary/aromatic N) is 2. The van der Waals surface area contributed by atoms with Gasteiger partial charge in [0.25, 0.3) is 0 Å². The van der Waals surface area contributed by atoms with E-state index in [-0.39, 0.29) is 29.6 Å². The van der Waals surface area contributed by atoms with Crippen molar-refractivity contribution in [1.82, 2.24) is 10.6 Å². The van der Waals surface area contributed by atoms with Crippen molar-refractivity contribution in [3.05, 3.63) is 65.2 Å². The Morgan fingerprint density at radius 1 is 1.07 bits per heavy atom. The Balaban J connectivity index is 0.00000392. The lowest BCUT2D eigenvalue weighted by molar-refractivity contribution is 0.129. The second kappa shape index (κ2) is 11.5. The summed E-state index contributed by atoms with van der Waals surface area (Å²) in [5, 5.41) is 15.5. The molecule has 5 nitrogen and oxygen atoms in total. The lowest BCUT2D eigenvalue weighted by atomic mass is 10.1. The highest BCUT2D eigenvalue weighted by Crippen LogP contribution is 2.22. The molecule has 0 saturated heterocycles. The van der Waals surface area contributed by atoms with E-state index in [2.05, 4.69) is 27.8 Å². The van der Waals surface area contributed by atoms with Gasteiger partial charge in [-0.25, -0.2) is 4.99 Å². The molecule has 2 aromatic rings. The Morgan fingerprint density at radius 2 is 1.75 bits per heavy atom. The number of halogens is 1. The first-order chi connectivity index (χ1) is 12.9. The zero-order chi connectivity index (χ0) is 19.7. The second-order valence-electron chi connectivity index (χ2n) is 7.18. The van der Waals surface area contributed by atoms with E-state index in [9.17, 15) is 0 Å². The number of para-hydroxylation sites is 1. The molecule has 150 valence electrons. The van der Waals surface area contributed by atoms with Crippen molar-refractivity contribution in [2.75, 3.05) is 6.54 Å². The van der Waals surface area contributed by atoms with Crippen molar-refractivity contribution >= 4 is 29.9 Å². The number of rotatable bonds is 6. The standard InChI is InChI=1S/C22H28N4O.HI/c1-5-24-21(25-15-18-12-10-17(14-23)11-13-18)26-16-19-8-6-7-9-20(19)27-22(2,3)4;/h6-13H,5,15-16H2,1-4H3,(H2,24,25,26);1H. The maximum atomic E-state index is 8.88. The van der Waals surface area contributed by atoms with Crippen LogP contribution >= 0.6 is 24.0 Å². The fourth-order valence-corrected chi connectivity index (χ4v) is 2.46. The SMILES string of the molecule is CCNC(=NCc1ccc(C#N)cc1)NCc1ccccc1OC(C)(C)C.I. The van der Waals surface area contributed by atoms with Crippen molar-refractivity contribution < 1.29 is 4.74 Å². The highest BCUT2D eigenvalue weighted by molar-refractivity contribution is 14.0. The maximum Gasteiger partial charge on any atom is 0.191 e. The van der Waals surface area contributed by atoms with E-state index in [4.69, 9.17) is 10.00 Å². The Morgan fingerprint density at radius 3 is 2.36 bits per heavy atom. The van der Waals surface area contributed by atoms with Crippen LogP contribution in [0, 0.1) is 11.3 Å². The topological polar surface area (TPSA) is 69.4 Å². The van der Waals surface area contributed by atoms with Crippen molar-refractivity contribution in [3.8, 4) is 11.8 Å². The smallest absolute Gasteiger partial charge is 0.191 e. The van der Waals surface area contributed by atoms with Crippen molar-refractivity contribution in [2.45, 2.75) is 46.4 Å². The monoisotopic (exact) mass is 492 g/mol. The molecule has 2 aromatic carbocycles. The van der Waals surface area contributed by atoms with Crippen LogP contribution in [0.3, 0.4) is 0 Å².